The molecule has 7 nitrogen and oxygen atoms in total. The first-order chi connectivity index (χ1) is 15.0. The highest BCUT2D eigenvalue weighted by molar-refractivity contribution is 5.66. The monoisotopic (exact) mass is 431 g/mol. The summed E-state index contributed by atoms with van der Waals surface area (Å²) in [7, 11) is 0. The van der Waals surface area contributed by atoms with Crippen molar-refractivity contribution >= 4 is 0 Å². The van der Waals surface area contributed by atoms with Crippen molar-refractivity contribution in [1.29, 1.82) is 0 Å². The zero-order chi connectivity index (χ0) is 21.4. The number of piperidine rings is 1. The molecule has 10 heteroatoms. The lowest BCUT2D eigenvalue weighted by Crippen LogP contribution is -2.33. The van der Waals surface area contributed by atoms with E-state index in [1.807, 2.05) is 24.4 Å². The Labute approximate surface area is 176 Å². The van der Waals surface area contributed by atoms with Crippen molar-refractivity contribution in [3.63, 3.8) is 0 Å². The summed E-state index contributed by atoms with van der Waals surface area (Å²) in [6.07, 6.45) is -0.0373. The lowest BCUT2D eigenvalue weighted by atomic mass is 9.95. The van der Waals surface area contributed by atoms with Crippen molar-refractivity contribution < 1.29 is 22.6 Å². The zero-order valence-corrected chi connectivity index (χ0v) is 16.5. The smallest absolute Gasteiger partial charge is 0.433 e. The average Bonchev–Trinajstić information content (AvgIpc) is 3.42. The van der Waals surface area contributed by atoms with Gasteiger partial charge in [-0.3, -0.25) is 10.00 Å². The number of fused-ring (bicyclic) bond motifs is 1. The van der Waals surface area contributed by atoms with E-state index in [-0.39, 0.29) is 18.5 Å². The molecule has 31 heavy (non-hydrogen) atoms. The summed E-state index contributed by atoms with van der Waals surface area (Å²) in [6, 6.07) is 6.68. The second kappa shape index (κ2) is 7.84. The minimum atomic E-state index is -4.45. The molecule has 0 saturated carbocycles. The van der Waals surface area contributed by atoms with E-state index in [9.17, 15) is 13.2 Å². The van der Waals surface area contributed by atoms with Crippen LogP contribution in [0.4, 0.5) is 13.2 Å². The molecule has 162 valence electrons. The summed E-state index contributed by atoms with van der Waals surface area (Å²) in [5.41, 5.74) is 2.05. The summed E-state index contributed by atoms with van der Waals surface area (Å²) < 4.78 is 49.6. The number of nitrogens with one attached hydrogen (secondary N) is 1. The molecule has 1 fully saturated rings. The van der Waals surface area contributed by atoms with Crippen molar-refractivity contribution in [2.24, 2.45) is 0 Å². The van der Waals surface area contributed by atoms with E-state index in [1.165, 1.54) is 6.20 Å². The summed E-state index contributed by atoms with van der Waals surface area (Å²) in [4.78, 5) is 10.1. The number of likely N-dealkylation sites (tertiary alicyclic amines) is 1. The molecule has 2 aromatic heterocycles. The van der Waals surface area contributed by atoms with Gasteiger partial charge >= 0.3 is 6.18 Å². The second-order valence-electron chi connectivity index (χ2n) is 7.69. The van der Waals surface area contributed by atoms with Gasteiger partial charge in [-0.15, -0.1) is 0 Å². The maximum absolute atomic E-state index is 12.9. The number of aromatic nitrogens is 4. The number of ether oxygens (including phenoxy) is 2. The maximum Gasteiger partial charge on any atom is 0.433 e. The molecule has 5 rings (SSSR count). The molecule has 3 aromatic rings. The van der Waals surface area contributed by atoms with Gasteiger partial charge in [-0.1, -0.05) is 0 Å². The first-order valence-electron chi connectivity index (χ1n) is 10.0. The van der Waals surface area contributed by atoms with Gasteiger partial charge in [-0.2, -0.15) is 18.3 Å². The number of alkyl halides is 3. The Bertz CT molecular complexity index is 1080. The van der Waals surface area contributed by atoms with E-state index in [1.54, 1.807) is 0 Å². The molecule has 0 aliphatic carbocycles. The predicted octanol–water partition coefficient (Wildman–Crippen LogP) is 3.99. The maximum atomic E-state index is 12.9. The van der Waals surface area contributed by atoms with Gasteiger partial charge in [0.1, 0.15) is 11.5 Å². The largest absolute Gasteiger partial charge is 0.454 e. The Morgan fingerprint density at radius 3 is 2.71 bits per heavy atom. The van der Waals surface area contributed by atoms with Gasteiger partial charge < -0.3 is 9.47 Å². The number of hydrogen-bond acceptors (Lipinski definition) is 6. The van der Waals surface area contributed by atoms with Crippen LogP contribution in [0.15, 0.2) is 36.7 Å². The van der Waals surface area contributed by atoms with Crippen LogP contribution in [0, 0.1) is 0 Å². The highest BCUT2D eigenvalue weighted by Gasteiger charge is 2.34. The van der Waals surface area contributed by atoms with Crippen molar-refractivity contribution in [3.8, 4) is 22.8 Å². The minimum absolute atomic E-state index is 0.0729. The van der Waals surface area contributed by atoms with Gasteiger partial charge in [-0.05, 0) is 50.2 Å². The van der Waals surface area contributed by atoms with Crippen LogP contribution in [0.25, 0.3) is 11.3 Å². The summed E-state index contributed by atoms with van der Waals surface area (Å²) in [5, 5.41) is 7.26. The van der Waals surface area contributed by atoms with Gasteiger partial charge in [0.2, 0.25) is 6.79 Å². The normalized spacial score (nSPS) is 17.3. The fraction of sp³-hybridized carbons (Fsp3) is 0.381. The van der Waals surface area contributed by atoms with Gasteiger partial charge in [0.25, 0.3) is 0 Å². The highest BCUT2D eigenvalue weighted by Crippen LogP contribution is 2.37. The molecule has 0 bridgehead atoms. The highest BCUT2D eigenvalue weighted by atomic mass is 19.4. The Balaban J connectivity index is 1.25. The molecule has 1 saturated heterocycles. The quantitative estimate of drug-likeness (QED) is 0.673. The van der Waals surface area contributed by atoms with E-state index < -0.39 is 11.9 Å². The van der Waals surface area contributed by atoms with Gasteiger partial charge in [0, 0.05) is 29.8 Å². The van der Waals surface area contributed by atoms with Gasteiger partial charge in [0.05, 0.1) is 11.9 Å². The number of aromatic amines is 1. The fourth-order valence-electron chi connectivity index (χ4n) is 4.05. The van der Waals surface area contributed by atoms with E-state index in [0.717, 1.165) is 41.7 Å². The first kappa shape index (κ1) is 19.8. The molecule has 0 spiro atoms. The molecule has 0 atom stereocenters. The van der Waals surface area contributed by atoms with Crippen LogP contribution < -0.4 is 9.47 Å². The van der Waals surface area contributed by atoms with E-state index in [0.29, 0.717) is 25.1 Å². The second-order valence-corrected chi connectivity index (χ2v) is 7.69. The first-order valence-corrected chi connectivity index (χ1v) is 10.0. The molecule has 0 amide bonds. The zero-order valence-electron chi connectivity index (χ0n) is 16.5. The molecule has 4 heterocycles. The Hall–Kier alpha value is -3.14. The third-order valence-corrected chi connectivity index (χ3v) is 5.69. The van der Waals surface area contributed by atoms with Crippen molar-refractivity contribution in [2.75, 3.05) is 19.9 Å². The molecule has 2 aliphatic heterocycles. The lowest BCUT2D eigenvalue weighted by molar-refractivity contribution is -0.141. The topological polar surface area (TPSA) is 76.2 Å². The summed E-state index contributed by atoms with van der Waals surface area (Å²) in [6.45, 7) is 2.40. The van der Waals surface area contributed by atoms with Crippen LogP contribution in [-0.2, 0) is 12.7 Å². The van der Waals surface area contributed by atoms with Gasteiger partial charge in [-0.25, -0.2) is 9.97 Å². The number of benzene rings is 1. The predicted molar refractivity (Wildman–Crippen MR) is 104 cm³/mol. The van der Waals surface area contributed by atoms with Crippen LogP contribution in [0.1, 0.15) is 35.8 Å². The lowest BCUT2D eigenvalue weighted by Gasteiger charge is -2.31. The number of nitrogens with zero attached hydrogens (tertiary/aromatic N) is 4. The number of H-pyrrole nitrogens is 1. The van der Waals surface area contributed by atoms with Crippen LogP contribution >= 0.6 is 0 Å². The summed E-state index contributed by atoms with van der Waals surface area (Å²) in [5.74, 6) is 1.64. The van der Waals surface area contributed by atoms with Crippen LogP contribution in [-0.4, -0.2) is 44.9 Å². The number of rotatable bonds is 4. The average molecular weight is 431 g/mol. The number of hydrogen-bond donors (Lipinski definition) is 1. The van der Waals surface area contributed by atoms with Crippen molar-refractivity contribution in [1.82, 2.24) is 25.1 Å². The van der Waals surface area contributed by atoms with Crippen LogP contribution in [0.5, 0.6) is 11.5 Å². The molecule has 0 unspecified atom stereocenters. The standard InChI is InChI=1S/C21H20F3N5O2/c22-21(23,24)18-3-6-25-20(27-18)13-4-7-29(8-5-13)11-15-10-26-28-19(15)14-1-2-16-17(9-14)31-12-30-16/h1-3,6,9-10,13H,4-5,7-8,11-12H2,(H,26,28). The molecular formula is C21H20F3N5O2. The Morgan fingerprint density at radius 2 is 1.90 bits per heavy atom. The van der Waals surface area contributed by atoms with Crippen molar-refractivity contribution in [3.05, 3.63) is 53.7 Å². The molecule has 2 aliphatic rings. The van der Waals surface area contributed by atoms with Crippen LogP contribution in [0.3, 0.4) is 0 Å². The van der Waals surface area contributed by atoms with Crippen molar-refractivity contribution in [2.45, 2.75) is 31.5 Å². The molecule has 1 N–H and O–H groups in total. The summed E-state index contributed by atoms with van der Waals surface area (Å²) >= 11 is 0. The molecular weight excluding hydrogens is 411 g/mol. The van der Waals surface area contributed by atoms with Crippen LogP contribution in [0.2, 0.25) is 0 Å². The molecule has 0 radical (unpaired) electrons. The Kier molecular flexibility index (Phi) is 5.01. The SMILES string of the molecule is FC(F)(F)c1ccnc(C2CCN(Cc3cn[nH]c3-c3ccc4c(c3)OCO4)CC2)n1. The van der Waals surface area contributed by atoms with E-state index >= 15 is 0 Å². The fourth-order valence-corrected chi connectivity index (χ4v) is 4.05. The number of halogens is 3. The third kappa shape index (κ3) is 4.07. The van der Waals surface area contributed by atoms with E-state index in [2.05, 4.69) is 25.1 Å². The Morgan fingerprint density at radius 1 is 1.10 bits per heavy atom. The van der Waals surface area contributed by atoms with Gasteiger partial charge in [0.15, 0.2) is 11.5 Å². The third-order valence-electron chi connectivity index (χ3n) is 5.69. The molecule has 1 aromatic carbocycles. The van der Waals surface area contributed by atoms with E-state index in [4.69, 9.17) is 9.47 Å². The minimum Gasteiger partial charge on any atom is -0.454 e.